The molecule has 0 saturated heterocycles. The summed E-state index contributed by atoms with van der Waals surface area (Å²) in [7, 11) is 0. The van der Waals surface area contributed by atoms with Crippen molar-refractivity contribution >= 4 is 11.8 Å². The van der Waals surface area contributed by atoms with Crippen molar-refractivity contribution in [1.82, 2.24) is 0 Å². The van der Waals surface area contributed by atoms with E-state index in [1.807, 2.05) is 18.2 Å². The van der Waals surface area contributed by atoms with Crippen LogP contribution in [0.3, 0.4) is 0 Å². The molecule has 1 aliphatic rings. The molecule has 3 nitrogen and oxygen atoms in total. The average Bonchev–Trinajstić information content (AvgIpc) is 2.74. The summed E-state index contributed by atoms with van der Waals surface area (Å²) in [6.45, 7) is 1.80. The summed E-state index contributed by atoms with van der Waals surface area (Å²) < 4.78 is 0. The number of carboxylic acid groups (broad SMARTS) is 1. The Morgan fingerprint density at radius 1 is 1.22 bits per heavy atom. The molecule has 0 bridgehead atoms. The number of aryl methyl sites for hydroxylation is 2. The van der Waals surface area contributed by atoms with Crippen molar-refractivity contribution in [1.29, 1.82) is 0 Å². The summed E-state index contributed by atoms with van der Waals surface area (Å²) in [4.78, 5) is 22.6. The summed E-state index contributed by atoms with van der Waals surface area (Å²) in [5.41, 5.74) is 3.37. The van der Waals surface area contributed by atoms with Crippen molar-refractivity contribution in [2.45, 2.75) is 39.0 Å². The highest BCUT2D eigenvalue weighted by atomic mass is 16.4. The zero-order valence-corrected chi connectivity index (χ0v) is 10.6. The topological polar surface area (TPSA) is 54.4 Å². The van der Waals surface area contributed by atoms with Gasteiger partial charge in [-0.3, -0.25) is 9.59 Å². The number of carbonyl (C=O) groups is 2. The molecule has 0 amide bonds. The Hall–Kier alpha value is -1.64. The van der Waals surface area contributed by atoms with Crippen LogP contribution in [0.15, 0.2) is 18.2 Å². The molecule has 2 rings (SSSR count). The van der Waals surface area contributed by atoms with Crippen LogP contribution < -0.4 is 0 Å². The molecule has 96 valence electrons. The number of hydrogen-bond donors (Lipinski definition) is 1. The molecule has 1 aliphatic carbocycles. The number of carboxylic acids is 1. The number of hydrogen-bond acceptors (Lipinski definition) is 2. The minimum atomic E-state index is -0.843. The fourth-order valence-electron chi connectivity index (χ4n) is 2.55. The van der Waals surface area contributed by atoms with Crippen LogP contribution in [0.25, 0.3) is 0 Å². The largest absolute Gasteiger partial charge is 0.481 e. The van der Waals surface area contributed by atoms with Gasteiger partial charge in [0.25, 0.3) is 0 Å². The van der Waals surface area contributed by atoms with Crippen LogP contribution in [0.1, 0.15) is 47.7 Å². The van der Waals surface area contributed by atoms with Crippen LogP contribution in [-0.2, 0) is 17.6 Å². The standard InChI is InChI=1S/C15H18O3/c1-10(8-15(17)18)7-14(16)13-6-5-11-3-2-4-12(11)9-13/h5-6,9-10H,2-4,7-8H2,1H3,(H,17,18). The predicted molar refractivity (Wildman–Crippen MR) is 68.8 cm³/mol. The number of Topliss-reactive ketones (excluding diaryl/α,β-unsaturated/α-hetero) is 1. The Kier molecular flexibility index (Phi) is 3.80. The molecule has 0 radical (unpaired) electrons. The lowest BCUT2D eigenvalue weighted by Gasteiger charge is -2.08. The van der Waals surface area contributed by atoms with E-state index in [0.717, 1.165) is 18.4 Å². The molecule has 0 fully saturated rings. The van der Waals surface area contributed by atoms with E-state index in [4.69, 9.17) is 5.11 Å². The maximum Gasteiger partial charge on any atom is 0.303 e. The third kappa shape index (κ3) is 2.97. The Bertz CT molecular complexity index is 477. The second kappa shape index (κ2) is 5.34. The van der Waals surface area contributed by atoms with Crippen molar-refractivity contribution in [3.8, 4) is 0 Å². The van der Waals surface area contributed by atoms with Crippen LogP contribution in [-0.4, -0.2) is 16.9 Å². The second-order valence-corrected chi connectivity index (χ2v) is 5.17. The van der Waals surface area contributed by atoms with Gasteiger partial charge in [-0.15, -0.1) is 0 Å². The van der Waals surface area contributed by atoms with Gasteiger partial charge in [-0.2, -0.15) is 0 Å². The first-order valence-corrected chi connectivity index (χ1v) is 6.43. The fourth-order valence-corrected chi connectivity index (χ4v) is 2.55. The molecule has 3 heteroatoms. The summed E-state index contributed by atoms with van der Waals surface area (Å²) in [6.07, 6.45) is 3.70. The van der Waals surface area contributed by atoms with Gasteiger partial charge in [0.1, 0.15) is 0 Å². The SMILES string of the molecule is CC(CC(=O)O)CC(=O)c1ccc2c(c1)CCC2. The van der Waals surface area contributed by atoms with E-state index in [2.05, 4.69) is 0 Å². The van der Waals surface area contributed by atoms with Crippen molar-refractivity contribution in [2.75, 3.05) is 0 Å². The van der Waals surface area contributed by atoms with E-state index in [1.165, 1.54) is 17.5 Å². The molecule has 0 spiro atoms. The Balaban J connectivity index is 2.03. The highest BCUT2D eigenvalue weighted by Gasteiger charge is 2.17. The van der Waals surface area contributed by atoms with E-state index in [1.54, 1.807) is 6.92 Å². The number of benzene rings is 1. The van der Waals surface area contributed by atoms with Gasteiger partial charge in [-0.05, 0) is 42.4 Å². The van der Waals surface area contributed by atoms with E-state index in [-0.39, 0.29) is 18.1 Å². The molecule has 0 aromatic heterocycles. The highest BCUT2D eigenvalue weighted by molar-refractivity contribution is 5.96. The van der Waals surface area contributed by atoms with Gasteiger partial charge in [-0.1, -0.05) is 19.1 Å². The van der Waals surface area contributed by atoms with E-state index in [0.29, 0.717) is 6.42 Å². The smallest absolute Gasteiger partial charge is 0.303 e. The van der Waals surface area contributed by atoms with Crippen LogP contribution in [0, 0.1) is 5.92 Å². The average molecular weight is 246 g/mol. The first-order chi connectivity index (χ1) is 8.56. The van der Waals surface area contributed by atoms with Gasteiger partial charge in [0.05, 0.1) is 0 Å². The molecule has 1 atom stereocenters. The maximum absolute atomic E-state index is 12.0. The second-order valence-electron chi connectivity index (χ2n) is 5.17. The third-order valence-corrected chi connectivity index (χ3v) is 3.48. The van der Waals surface area contributed by atoms with Crippen molar-refractivity contribution < 1.29 is 14.7 Å². The van der Waals surface area contributed by atoms with Crippen molar-refractivity contribution in [3.63, 3.8) is 0 Å². The number of fused-ring (bicyclic) bond motifs is 1. The number of ketones is 1. The molecule has 18 heavy (non-hydrogen) atoms. The molecule has 1 aromatic carbocycles. The molecule has 0 saturated carbocycles. The van der Waals surface area contributed by atoms with Crippen LogP contribution in [0.4, 0.5) is 0 Å². The predicted octanol–water partition coefficient (Wildman–Crippen LogP) is 2.86. The quantitative estimate of drug-likeness (QED) is 0.813. The lowest BCUT2D eigenvalue weighted by atomic mass is 9.95. The lowest BCUT2D eigenvalue weighted by molar-refractivity contribution is -0.137. The van der Waals surface area contributed by atoms with Crippen molar-refractivity contribution in [2.24, 2.45) is 5.92 Å². The minimum absolute atomic E-state index is 0.0523. The molecule has 0 aliphatic heterocycles. The number of rotatable bonds is 5. The van der Waals surface area contributed by atoms with Gasteiger partial charge < -0.3 is 5.11 Å². The molecular formula is C15H18O3. The van der Waals surface area contributed by atoms with Gasteiger partial charge in [0, 0.05) is 18.4 Å². The first kappa shape index (κ1) is 12.8. The summed E-state index contributed by atoms with van der Waals surface area (Å²) >= 11 is 0. The van der Waals surface area contributed by atoms with Crippen LogP contribution in [0.2, 0.25) is 0 Å². The third-order valence-electron chi connectivity index (χ3n) is 3.48. The molecular weight excluding hydrogens is 228 g/mol. The first-order valence-electron chi connectivity index (χ1n) is 6.43. The van der Waals surface area contributed by atoms with Gasteiger partial charge >= 0.3 is 5.97 Å². The minimum Gasteiger partial charge on any atom is -0.481 e. The number of aliphatic carboxylic acids is 1. The summed E-state index contributed by atoms with van der Waals surface area (Å²) in [5, 5.41) is 8.68. The Morgan fingerprint density at radius 3 is 2.67 bits per heavy atom. The maximum atomic E-state index is 12.0. The normalized spacial score (nSPS) is 15.2. The zero-order valence-electron chi connectivity index (χ0n) is 10.6. The monoisotopic (exact) mass is 246 g/mol. The van der Waals surface area contributed by atoms with E-state index < -0.39 is 5.97 Å². The fraction of sp³-hybridized carbons (Fsp3) is 0.467. The Labute approximate surface area is 107 Å². The molecule has 1 N–H and O–H groups in total. The van der Waals surface area contributed by atoms with E-state index in [9.17, 15) is 9.59 Å². The molecule has 1 aromatic rings. The Morgan fingerprint density at radius 2 is 1.94 bits per heavy atom. The van der Waals surface area contributed by atoms with Gasteiger partial charge in [0.2, 0.25) is 0 Å². The number of carbonyl (C=O) groups excluding carboxylic acids is 1. The van der Waals surface area contributed by atoms with Crippen molar-refractivity contribution in [3.05, 3.63) is 34.9 Å². The summed E-state index contributed by atoms with van der Waals surface area (Å²) in [5.74, 6) is -0.897. The summed E-state index contributed by atoms with van der Waals surface area (Å²) in [6, 6.07) is 5.90. The van der Waals surface area contributed by atoms with E-state index >= 15 is 0 Å². The van der Waals surface area contributed by atoms with Gasteiger partial charge in [0.15, 0.2) is 5.78 Å². The molecule has 0 heterocycles. The lowest BCUT2D eigenvalue weighted by Crippen LogP contribution is -2.10. The van der Waals surface area contributed by atoms with Crippen LogP contribution in [0.5, 0.6) is 0 Å². The zero-order chi connectivity index (χ0) is 13.1. The molecule has 1 unspecified atom stereocenters. The highest BCUT2D eigenvalue weighted by Crippen LogP contribution is 2.24. The van der Waals surface area contributed by atoms with Crippen LogP contribution >= 0.6 is 0 Å². The van der Waals surface area contributed by atoms with Gasteiger partial charge in [-0.25, -0.2) is 0 Å².